The Morgan fingerprint density at radius 1 is 1.47 bits per heavy atom. The molecule has 0 aromatic heterocycles. The standard InChI is InChI=1S/C14H20N2O/c1-3-4-5-8-13(16-15)10-12-7-6-9-14(11-12)17-2/h6-7,9,11,13,16H,5,8,10,15H2,1-2H3. The van der Waals surface area contributed by atoms with Crippen LogP contribution in [0.3, 0.4) is 0 Å². The molecule has 3 N–H and O–H groups in total. The Morgan fingerprint density at radius 2 is 2.29 bits per heavy atom. The Hall–Kier alpha value is -1.50. The highest BCUT2D eigenvalue weighted by molar-refractivity contribution is 5.28. The maximum absolute atomic E-state index is 5.54. The highest BCUT2D eigenvalue weighted by atomic mass is 16.5. The SMILES string of the molecule is CC#CCCC(Cc1cccc(OC)c1)NN. The third-order valence-corrected chi connectivity index (χ3v) is 2.65. The van der Waals surface area contributed by atoms with E-state index in [1.54, 1.807) is 7.11 Å². The Kier molecular flexibility index (Phi) is 6.16. The van der Waals surface area contributed by atoms with Crippen molar-refractivity contribution >= 4 is 0 Å². The van der Waals surface area contributed by atoms with E-state index in [4.69, 9.17) is 10.6 Å². The molecule has 0 fully saturated rings. The number of hydrogen-bond donors (Lipinski definition) is 2. The minimum atomic E-state index is 0.253. The van der Waals surface area contributed by atoms with Crippen molar-refractivity contribution in [3.8, 4) is 17.6 Å². The Morgan fingerprint density at radius 3 is 2.94 bits per heavy atom. The third kappa shape index (κ3) is 4.90. The van der Waals surface area contributed by atoms with Gasteiger partial charge in [0.2, 0.25) is 0 Å². The molecule has 3 nitrogen and oxygen atoms in total. The molecule has 0 heterocycles. The molecule has 0 aliphatic heterocycles. The highest BCUT2D eigenvalue weighted by Crippen LogP contribution is 2.15. The van der Waals surface area contributed by atoms with Crippen molar-refractivity contribution in [3.05, 3.63) is 29.8 Å². The minimum Gasteiger partial charge on any atom is -0.497 e. The van der Waals surface area contributed by atoms with Crippen molar-refractivity contribution < 1.29 is 4.74 Å². The molecule has 1 rings (SSSR count). The van der Waals surface area contributed by atoms with E-state index in [0.717, 1.165) is 25.0 Å². The monoisotopic (exact) mass is 232 g/mol. The lowest BCUT2D eigenvalue weighted by atomic mass is 10.0. The topological polar surface area (TPSA) is 47.3 Å². The second-order valence-electron chi connectivity index (χ2n) is 3.88. The average Bonchev–Trinajstić information content (AvgIpc) is 2.38. The summed E-state index contributed by atoms with van der Waals surface area (Å²) < 4.78 is 5.19. The van der Waals surface area contributed by atoms with Crippen LogP contribution in [0.2, 0.25) is 0 Å². The summed E-state index contributed by atoms with van der Waals surface area (Å²) in [6.45, 7) is 1.85. The highest BCUT2D eigenvalue weighted by Gasteiger charge is 2.07. The minimum absolute atomic E-state index is 0.253. The summed E-state index contributed by atoms with van der Waals surface area (Å²) in [6, 6.07) is 8.31. The number of hydrogen-bond acceptors (Lipinski definition) is 3. The quantitative estimate of drug-likeness (QED) is 0.447. The zero-order valence-electron chi connectivity index (χ0n) is 10.5. The normalized spacial score (nSPS) is 11.5. The first-order valence-corrected chi connectivity index (χ1v) is 5.78. The number of hydrazine groups is 1. The Bertz CT molecular complexity index is 393. The van der Waals surface area contributed by atoms with E-state index >= 15 is 0 Å². The van der Waals surface area contributed by atoms with Crippen LogP contribution in [0, 0.1) is 11.8 Å². The van der Waals surface area contributed by atoms with Crippen LogP contribution >= 0.6 is 0 Å². The predicted molar refractivity (Wildman–Crippen MR) is 70.5 cm³/mol. The average molecular weight is 232 g/mol. The van der Waals surface area contributed by atoms with Crippen molar-refractivity contribution in [2.45, 2.75) is 32.2 Å². The Balaban J connectivity index is 2.55. The van der Waals surface area contributed by atoms with Gasteiger partial charge in [-0.2, -0.15) is 0 Å². The molecule has 0 spiro atoms. The molecule has 0 aliphatic carbocycles. The molecule has 1 aromatic carbocycles. The van der Waals surface area contributed by atoms with Crippen LogP contribution in [0.4, 0.5) is 0 Å². The van der Waals surface area contributed by atoms with E-state index in [1.807, 2.05) is 25.1 Å². The summed E-state index contributed by atoms with van der Waals surface area (Å²) in [4.78, 5) is 0. The van der Waals surface area contributed by atoms with Gasteiger partial charge in [0.25, 0.3) is 0 Å². The van der Waals surface area contributed by atoms with E-state index in [2.05, 4.69) is 23.3 Å². The summed E-state index contributed by atoms with van der Waals surface area (Å²) >= 11 is 0. The first-order valence-electron chi connectivity index (χ1n) is 5.78. The first kappa shape index (κ1) is 13.6. The molecule has 1 unspecified atom stereocenters. The molecular weight excluding hydrogens is 212 g/mol. The molecule has 3 heteroatoms. The van der Waals surface area contributed by atoms with E-state index in [9.17, 15) is 0 Å². The van der Waals surface area contributed by atoms with Gasteiger partial charge in [-0.25, -0.2) is 0 Å². The van der Waals surface area contributed by atoms with Crippen molar-refractivity contribution in [3.63, 3.8) is 0 Å². The van der Waals surface area contributed by atoms with Crippen molar-refractivity contribution in [1.29, 1.82) is 0 Å². The maximum atomic E-state index is 5.54. The largest absolute Gasteiger partial charge is 0.497 e. The van der Waals surface area contributed by atoms with Crippen molar-refractivity contribution in [2.75, 3.05) is 7.11 Å². The van der Waals surface area contributed by atoms with Crippen LogP contribution in [0.15, 0.2) is 24.3 Å². The summed E-state index contributed by atoms with van der Waals surface area (Å²) in [5.74, 6) is 12.4. The fraction of sp³-hybridized carbons (Fsp3) is 0.429. The fourth-order valence-corrected chi connectivity index (χ4v) is 1.70. The van der Waals surface area contributed by atoms with Gasteiger partial charge in [-0.15, -0.1) is 11.8 Å². The van der Waals surface area contributed by atoms with Gasteiger partial charge in [-0.05, 0) is 37.5 Å². The summed E-state index contributed by atoms with van der Waals surface area (Å²) in [6.07, 6.45) is 2.71. The molecule has 0 saturated heterocycles. The van der Waals surface area contributed by atoms with Gasteiger partial charge in [-0.3, -0.25) is 11.3 Å². The second kappa shape index (κ2) is 7.72. The van der Waals surface area contributed by atoms with Crippen LogP contribution in [0.5, 0.6) is 5.75 Å². The van der Waals surface area contributed by atoms with Crippen LogP contribution in [0.25, 0.3) is 0 Å². The molecule has 0 aliphatic rings. The number of nitrogens with one attached hydrogen (secondary N) is 1. The third-order valence-electron chi connectivity index (χ3n) is 2.65. The number of nitrogens with two attached hydrogens (primary N) is 1. The van der Waals surface area contributed by atoms with Gasteiger partial charge >= 0.3 is 0 Å². The number of methoxy groups -OCH3 is 1. The molecular formula is C14H20N2O. The molecule has 0 saturated carbocycles. The zero-order valence-corrected chi connectivity index (χ0v) is 10.5. The summed E-state index contributed by atoms with van der Waals surface area (Å²) in [5.41, 5.74) is 4.06. The van der Waals surface area contributed by atoms with Crippen LogP contribution in [-0.4, -0.2) is 13.2 Å². The van der Waals surface area contributed by atoms with Gasteiger partial charge < -0.3 is 4.74 Å². The summed E-state index contributed by atoms with van der Waals surface area (Å²) in [7, 11) is 1.68. The van der Waals surface area contributed by atoms with Gasteiger partial charge in [0.1, 0.15) is 5.75 Å². The fourth-order valence-electron chi connectivity index (χ4n) is 1.70. The smallest absolute Gasteiger partial charge is 0.119 e. The van der Waals surface area contributed by atoms with Crippen LogP contribution in [0.1, 0.15) is 25.3 Å². The molecule has 17 heavy (non-hydrogen) atoms. The molecule has 92 valence electrons. The lowest BCUT2D eigenvalue weighted by molar-refractivity contribution is 0.413. The molecule has 0 bridgehead atoms. The lowest BCUT2D eigenvalue weighted by Gasteiger charge is -2.14. The van der Waals surface area contributed by atoms with Crippen molar-refractivity contribution in [1.82, 2.24) is 5.43 Å². The van der Waals surface area contributed by atoms with E-state index < -0.39 is 0 Å². The summed E-state index contributed by atoms with van der Waals surface area (Å²) in [5, 5.41) is 0. The number of rotatable bonds is 6. The predicted octanol–water partition coefficient (Wildman–Crippen LogP) is 1.87. The molecule has 0 amide bonds. The van der Waals surface area contributed by atoms with E-state index in [-0.39, 0.29) is 6.04 Å². The first-order chi connectivity index (χ1) is 8.30. The molecule has 1 aromatic rings. The van der Waals surface area contributed by atoms with Crippen LogP contribution in [-0.2, 0) is 6.42 Å². The van der Waals surface area contributed by atoms with Crippen molar-refractivity contribution in [2.24, 2.45) is 5.84 Å². The van der Waals surface area contributed by atoms with E-state index in [0.29, 0.717) is 0 Å². The van der Waals surface area contributed by atoms with Gasteiger partial charge in [-0.1, -0.05) is 12.1 Å². The van der Waals surface area contributed by atoms with Gasteiger partial charge in [0, 0.05) is 12.5 Å². The molecule has 1 atom stereocenters. The molecule has 0 radical (unpaired) electrons. The van der Waals surface area contributed by atoms with Gasteiger partial charge in [0.05, 0.1) is 7.11 Å². The lowest BCUT2D eigenvalue weighted by Crippen LogP contribution is -2.36. The Labute approximate surface area is 103 Å². The van der Waals surface area contributed by atoms with Gasteiger partial charge in [0.15, 0.2) is 0 Å². The maximum Gasteiger partial charge on any atom is 0.119 e. The zero-order chi connectivity index (χ0) is 12.5. The number of benzene rings is 1. The van der Waals surface area contributed by atoms with Crippen LogP contribution < -0.4 is 16.0 Å². The number of ether oxygens (including phenoxy) is 1. The van der Waals surface area contributed by atoms with E-state index in [1.165, 1.54) is 5.56 Å². The second-order valence-corrected chi connectivity index (χ2v) is 3.88.